The molecule has 0 spiro atoms. The van der Waals surface area contributed by atoms with Gasteiger partial charge >= 0.3 is 12.1 Å². The first-order chi connectivity index (χ1) is 16.1. The second-order valence-corrected chi connectivity index (χ2v) is 8.11. The van der Waals surface area contributed by atoms with Crippen LogP contribution in [0.1, 0.15) is 61.9 Å². The first kappa shape index (κ1) is 29.5. The molecule has 0 aromatic heterocycles. The van der Waals surface area contributed by atoms with E-state index in [0.717, 1.165) is 31.6 Å². The van der Waals surface area contributed by atoms with Gasteiger partial charge in [0.15, 0.2) is 0 Å². The van der Waals surface area contributed by atoms with Crippen molar-refractivity contribution in [3.63, 3.8) is 0 Å². The molecule has 0 aliphatic heterocycles. The first-order valence-corrected chi connectivity index (χ1v) is 12.1. The van der Waals surface area contributed by atoms with Crippen molar-refractivity contribution in [1.29, 1.82) is 0 Å². The molecule has 1 N–H and O–H groups in total. The van der Waals surface area contributed by atoms with Gasteiger partial charge in [-0.3, -0.25) is 5.32 Å². The van der Waals surface area contributed by atoms with E-state index in [0.29, 0.717) is 30.9 Å². The van der Waals surface area contributed by atoms with Gasteiger partial charge in [-0.15, -0.1) is 12.4 Å². The molecule has 34 heavy (non-hydrogen) atoms. The summed E-state index contributed by atoms with van der Waals surface area (Å²) in [5, 5.41) is 2.70. The highest BCUT2D eigenvalue weighted by Crippen LogP contribution is 2.12. The van der Waals surface area contributed by atoms with Crippen molar-refractivity contribution in [2.75, 3.05) is 38.2 Å². The van der Waals surface area contributed by atoms with E-state index in [1.54, 1.807) is 24.3 Å². The predicted molar refractivity (Wildman–Crippen MR) is 140 cm³/mol. The highest BCUT2D eigenvalue weighted by Gasteiger charge is 2.09. The summed E-state index contributed by atoms with van der Waals surface area (Å²) in [7, 11) is 0. The summed E-state index contributed by atoms with van der Waals surface area (Å²) in [5.41, 5.74) is 2.15. The largest absolute Gasteiger partial charge is 0.462 e. The van der Waals surface area contributed by atoms with Crippen LogP contribution < -0.4 is 5.32 Å². The van der Waals surface area contributed by atoms with Crippen LogP contribution in [0.25, 0.3) is 0 Å². The number of esters is 1. The fourth-order valence-corrected chi connectivity index (χ4v) is 3.39. The van der Waals surface area contributed by atoms with Crippen molar-refractivity contribution in [2.24, 2.45) is 0 Å². The molecule has 2 rings (SSSR count). The van der Waals surface area contributed by atoms with Crippen LogP contribution in [0.2, 0.25) is 0 Å². The predicted octanol–water partition coefficient (Wildman–Crippen LogP) is 6.35. The second kappa shape index (κ2) is 17.8. The molecule has 1 amide bonds. The van der Waals surface area contributed by atoms with Gasteiger partial charge in [-0.1, -0.05) is 57.0 Å². The Bertz CT molecular complexity index is 807. The van der Waals surface area contributed by atoms with E-state index in [9.17, 15) is 9.59 Å². The maximum atomic E-state index is 12.2. The average Bonchev–Trinajstić information content (AvgIpc) is 2.84. The average molecular weight is 491 g/mol. The number of unbranched alkanes of at least 4 members (excludes halogenated alkanes) is 2. The quantitative estimate of drug-likeness (QED) is 0.233. The molecule has 0 bridgehead atoms. The molecule has 188 valence electrons. The Morgan fingerprint density at radius 1 is 0.794 bits per heavy atom. The Hall–Kier alpha value is -2.57. The van der Waals surface area contributed by atoms with Crippen molar-refractivity contribution in [3.05, 3.63) is 65.7 Å². The molecule has 0 aliphatic rings. The normalized spacial score (nSPS) is 10.4. The number of carbonyl (C=O) groups excluding carboxylic acids is 2. The van der Waals surface area contributed by atoms with Gasteiger partial charge < -0.3 is 14.4 Å². The number of anilines is 1. The number of benzene rings is 2. The van der Waals surface area contributed by atoms with Gasteiger partial charge in [0.2, 0.25) is 0 Å². The Labute approximate surface area is 210 Å². The number of amides is 1. The SMILES string of the molecule is CCCCN(CCCC)CCCOC(=O)Nc1ccc(C(=O)OCCc2ccccc2)cc1.Cl. The number of carbonyl (C=O) groups is 2. The maximum absolute atomic E-state index is 12.2. The summed E-state index contributed by atoms with van der Waals surface area (Å²) in [6.07, 6.45) is 5.77. The smallest absolute Gasteiger partial charge is 0.411 e. The van der Waals surface area contributed by atoms with Gasteiger partial charge in [-0.05, 0) is 62.2 Å². The lowest BCUT2D eigenvalue weighted by Crippen LogP contribution is -2.28. The van der Waals surface area contributed by atoms with Gasteiger partial charge in [-0.2, -0.15) is 0 Å². The molecule has 0 saturated carbocycles. The minimum absolute atomic E-state index is 0. The number of rotatable bonds is 15. The zero-order chi connectivity index (χ0) is 23.7. The van der Waals surface area contributed by atoms with Crippen molar-refractivity contribution in [2.45, 2.75) is 52.4 Å². The fraction of sp³-hybridized carbons (Fsp3) is 0.481. The Kier molecular flexibility index (Phi) is 15.5. The van der Waals surface area contributed by atoms with Crippen molar-refractivity contribution in [3.8, 4) is 0 Å². The fourth-order valence-electron chi connectivity index (χ4n) is 3.39. The Balaban J connectivity index is 0.00000578. The monoisotopic (exact) mass is 490 g/mol. The molecule has 7 heteroatoms. The van der Waals surface area contributed by atoms with Crippen LogP contribution in [-0.2, 0) is 15.9 Å². The van der Waals surface area contributed by atoms with Crippen LogP contribution in [-0.4, -0.2) is 49.8 Å². The molecule has 0 heterocycles. The van der Waals surface area contributed by atoms with E-state index in [1.807, 2.05) is 30.3 Å². The summed E-state index contributed by atoms with van der Waals surface area (Å²) in [6, 6.07) is 16.5. The minimum Gasteiger partial charge on any atom is -0.462 e. The van der Waals surface area contributed by atoms with E-state index in [1.165, 1.54) is 25.7 Å². The van der Waals surface area contributed by atoms with Crippen molar-refractivity contribution in [1.82, 2.24) is 4.90 Å². The van der Waals surface area contributed by atoms with Crippen molar-refractivity contribution < 1.29 is 19.1 Å². The van der Waals surface area contributed by atoms with Crippen LogP contribution in [0.3, 0.4) is 0 Å². The highest BCUT2D eigenvalue weighted by molar-refractivity contribution is 5.91. The lowest BCUT2D eigenvalue weighted by Gasteiger charge is -2.21. The minimum atomic E-state index is -0.484. The van der Waals surface area contributed by atoms with Crippen LogP contribution in [0.5, 0.6) is 0 Å². The summed E-state index contributed by atoms with van der Waals surface area (Å²) in [4.78, 5) is 26.7. The van der Waals surface area contributed by atoms with Gasteiger partial charge in [0.05, 0.1) is 18.8 Å². The van der Waals surface area contributed by atoms with E-state index in [2.05, 4.69) is 24.1 Å². The third-order valence-electron chi connectivity index (χ3n) is 5.34. The van der Waals surface area contributed by atoms with Crippen LogP contribution in [0, 0.1) is 0 Å². The zero-order valence-corrected chi connectivity index (χ0v) is 21.3. The number of halogens is 1. The molecule has 0 atom stereocenters. The topological polar surface area (TPSA) is 67.9 Å². The lowest BCUT2D eigenvalue weighted by molar-refractivity contribution is 0.0509. The van der Waals surface area contributed by atoms with Gasteiger partial charge in [0, 0.05) is 18.7 Å². The number of nitrogens with one attached hydrogen (secondary N) is 1. The van der Waals surface area contributed by atoms with E-state index in [4.69, 9.17) is 9.47 Å². The molecular weight excluding hydrogens is 452 g/mol. The van der Waals surface area contributed by atoms with Gasteiger partial charge in [-0.25, -0.2) is 9.59 Å². The maximum Gasteiger partial charge on any atom is 0.411 e. The molecule has 0 fully saturated rings. The number of hydrogen-bond donors (Lipinski definition) is 1. The first-order valence-electron chi connectivity index (χ1n) is 12.1. The molecular formula is C27H39ClN2O4. The second-order valence-electron chi connectivity index (χ2n) is 8.11. The highest BCUT2D eigenvalue weighted by atomic mass is 35.5. The number of ether oxygens (including phenoxy) is 2. The summed E-state index contributed by atoms with van der Waals surface area (Å²) in [5.74, 6) is -0.379. The lowest BCUT2D eigenvalue weighted by atomic mass is 10.2. The zero-order valence-electron chi connectivity index (χ0n) is 20.5. The van der Waals surface area contributed by atoms with Crippen molar-refractivity contribution >= 4 is 30.2 Å². The number of nitrogens with zero attached hydrogens (tertiary/aromatic N) is 1. The molecule has 0 radical (unpaired) electrons. The van der Waals surface area contributed by atoms with Gasteiger partial charge in [0.25, 0.3) is 0 Å². The standard InChI is InChI=1S/C27H38N2O4.ClH/c1-3-5-18-29(19-6-4-2)20-10-21-33-27(31)28-25-15-13-24(14-16-25)26(30)32-22-17-23-11-8-7-9-12-23;/h7-9,11-16H,3-6,10,17-22H2,1-2H3,(H,28,31);1H. The molecule has 2 aromatic rings. The van der Waals surface area contributed by atoms with Gasteiger partial charge in [0.1, 0.15) is 0 Å². The molecule has 6 nitrogen and oxygen atoms in total. The van der Waals surface area contributed by atoms with Crippen LogP contribution >= 0.6 is 12.4 Å². The van der Waals surface area contributed by atoms with E-state index >= 15 is 0 Å². The third-order valence-corrected chi connectivity index (χ3v) is 5.34. The summed E-state index contributed by atoms with van der Waals surface area (Å²) < 4.78 is 10.6. The van der Waals surface area contributed by atoms with Crippen LogP contribution in [0.15, 0.2) is 54.6 Å². The third kappa shape index (κ3) is 12.1. The van der Waals surface area contributed by atoms with E-state index < -0.39 is 6.09 Å². The van der Waals surface area contributed by atoms with E-state index in [-0.39, 0.29) is 18.4 Å². The molecule has 0 unspecified atom stereocenters. The summed E-state index contributed by atoms with van der Waals surface area (Å²) >= 11 is 0. The molecule has 0 saturated heterocycles. The Morgan fingerprint density at radius 2 is 1.41 bits per heavy atom. The van der Waals surface area contributed by atoms with Crippen LogP contribution in [0.4, 0.5) is 10.5 Å². The summed E-state index contributed by atoms with van der Waals surface area (Å²) in [6.45, 7) is 8.25. The molecule has 2 aromatic carbocycles. The molecule has 0 aliphatic carbocycles. The number of hydrogen-bond acceptors (Lipinski definition) is 5. The Morgan fingerprint density at radius 3 is 2.03 bits per heavy atom.